The SMILES string of the molecule is Cc1cc(C(=O)NC(C)C(C)CO)n(C)n1. The third-order valence-electron chi connectivity index (χ3n) is 2.73. The number of nitrogens with zero attached hydrogens (tertiary/aromatic N) is 2. The number of aryl methyl sites for hydroxylation is 2. The molecule has 5 nitrogen and oxygen atoms in total. The first-order chi connectivity index (χ1) is 7.45. The van der Waals surface area contributed by atoms with Crippen LogP contribution in [-0.4, -0.2) is 33.4 Å². The van der Waals surface area contributed by atoms with Crippen LogP contribution >= 0.6 is 0 Å². The molecule has 0 saturated heterocycles. The van der Waals surface area contributed by atoms with Gasteiger partial charge in [-0.2, -0.15) is 5.10 Å². The van der Waals surface area contributed by atoms with Gasteiger partial charge >= 0.3 is 0 Å². The number of aromatic nitrogens is 2. The Balaban J connectivity index is 2.69. The molecule has 0 bridgehead atoms. The zero-order chi connectivity index (χ0) is 12.3. The standard InChI is InChI=1S/C11H19N3O2/c1-7(6-15)9(3)12-11(16)10-5-8(2)13-14(10)4/h5,7,9,15H,6H2,1-4H3,(H,12,16). The summed E-state index contributed by atoms with van der Waals surface area (Å²) in [6, 6.07) is 1.68. The molecular weight excluding hydrogens is 206 g/mol. The van der Waals surface area contributed by atoms with Gasteiger partial charge in [-0.15, -0.1) is 0 Å². The summed E-state index contributed by atoms with van der Waals surface area (Å²) in [6.07, 6.45) is 0. The van der Waals surface area contributed by atoms with E-state index in [0.717, 1.165) is 5.69 Å². The van der Waals surface area contributed by atoms with Crippen LogP contribution in [0.2, 0.25) is 0 Å². The van der Waals surface area contributed by atoms with Gasteiger partial charge in [0, 0.05) is 19.7 Å². The highest BCUT2D eigenvalue weighted by molar-refractivity contribution is 5.92. The first-order valence-corrected chi connectivity index (χ1v) is 5.38. The highest BCUT2D eigenvalue weighted by atomic mass is 16.3. The molecule has 0 spiro atoms. The number of rotatable bonds is 4. The van der Waals surface area contributed by atoms with E-state index in [1.807, 2.05) is 20.8 Å². The van der Waals surface area contributed by atoms with E-state index < -0.39 is 0 Å². The monoisotopic (exact) mass is 225 g/mol. The predicted molar refractivity (Wildman–Crippen MR) is 61.1 cm³/mol. The van der Waals surface area contributed by atoms with Crippen molar-refractivity contribution >= 4 is 5.91 Å². The molecular formula is C11H19N3O2. The molecule has 0 aliphatic rings. The maximum absolute atomic E-state index is 11.9. The molecule has 0 aromatic carbocycles. The largest absolute Gasteiger partial charge is 0.396 e. The summed E-state index contributed by atoms with van der Waals surface area (Å²) in [7, 11) is 1.74. The minimum atomic E-state index is -0.157. The second-order valence-electron chi connectivity index (χ2n) is 4.22. The van der Waals surface area contributed by atoms with Crippen molar-refractivity contribution in [3.05, 3.63) is 17.5 Å². The molecule has 1 rings (SSSR count). The Morgan fingerprint density at radius 2 is 2.25 bits per heavy atom. The van der Waals surface area contributed by atoms with Crippen LogP contribution in [0, 0.1) is 12.8 Å². The number of aliphatic hydroxyl groups excluding tert-OH is 1. The number of nitrogens with one attached hydrogen (secondary N) is 1. The zero-order valence-electron chi connectivity index (χ0n) is 10.2. The van der Waals surface area contributed by atoms with Gasteiger partial charge in [0.1, 0.15) is 5.69 Å². The molecule has 1 heterocycles. The molecule has 0 radical (unpaired) electrons. The fourth-order valence-corrected chi connectivity index (χ4v) is 1.40. The van der Waals surface area contributed by atoms with Gasteiger partial charge in [0.05, 0.1) is 5.69 Å². The molecule has 1 aromatic heterocycles. The van der Waals surface area contributed by atoms with Gasteiger partial charge in [-0.05, 0) is 25.8 Å². The van der Waals surface area contributed by atoms with Crippen molar-refractivity contribution in [1.82, 2.24) is 15.1 Å². The van der Waals surface area contributed by atoms with E-state index in [0.29, 0.717) is 5.69 Å². The van der Waals surface area contributed by atoms with E-state index in [-0.39, 0.29) is 24.5 Å². The van der Waals surface area contributed by atoms with Gasteiger partial charge in [0.25, 0.3) is 5.91 Å². The topological polar surface area (TPSA) is 67.2 Å². The van der Waals surface area contributed by atoms with E-state index in [2.05, 4.69) is 10.4 Å². The summed E-state index contributed by atoms with van der Waals surface area (Å²) in [5, 5.41) is 15.9. The van der Waals surface area contributed by atoms with E-state index in [1.54, 1.807) is 17.8 Å². The number of hydrogen-bond acceptors (Lipinski definition) is 3. The summed E-state index contributed by atoms with van der Waals surface area (Å²) in [5.74, 6) is -0.117. The van der Waals surface area contributed by atoms with Gasteiger partial charge in [0.2, 0.25) is 0 Å². The van der Waals surface area contributed by atoms with Gasteiger partial charge in [-0.3, -0.25) is 9.48 Å². The second-order valence-corrected chi connectivity index (χ2v) is 4.22. The van der Waals surface area contributed by atoms with Crippen molar-refractivity contribution in [3.8, 4) is 0 Å². The fraction of sp³-hybridized carbons (Fsp3) is 0.636. The second kappa shape index (κ2) is 5.12. The van der Waals surface area contributed by atoms with Crippen LogP contribution in [0.15, 0.2) is 6.07 Å². The molecule has 1 amide bonds. The van der Waals surface area contributed by atoms with E-state index in [4.69, 9.17) is 5.11 Å². The summed E-state index contributed by atoms with van der Waals surface area (Å²) in [5.41, 5.74) is 1.35. The van der Waals surface area contributed by atoms with Crippen molar-refractivity contribution in [2.75, 3.05) is 6.61 Å². The third-order valence-corrected chi connectivity index (χ3v) is 2.73. The van der Waals surface area contributed by atoms with Crippen molar-refractivity contribution in [1.29, 1.82) is 0 Å². The van der Waals surface area contributed by atoms with Crippen LogP contribution < -0.4 is 5.32 Å². The lowest BCUT2D eigenvalue weighted by Gasteiger charge is -2.19. The van der Waals surface area contributed by atoms with E-state index >= 15 is 0 Å². The molecule has 5 heteroatoms. The molecule has 0 saturated carbocycles. The first-order valence-electron chi connectivity index (χ1n) is 5.38. The lowest BCUT2D eigenvalue weighted by Crippen LogP contribution is -2.39. The first kappa shape index (κ1) is 12.7. The molecule has 90 valence electrons. The number of carbonyl (C=O) groups excluding carboxylic acids is 1. The Morgan fingerprint density at radius 3 is 2.69 bits per heavy atom. The molecule has 1 aromatic rings. The number of aliphatic hydroxyl groups is 1. The summed E-state index contributed by atoms with van der Waals surface area (Å²) in [4.78, 5) is 11.9. The average molecular weight is 225 g/mol. The summed E-state index contributed by atoms with van der Waals surface area (Å²) >= 11 is 0. The minimum Gasteiger partial charge on any atom is -0.396 e. The molecule has 0 fully saturated rings. The van der Waals surface area contributed by atoms with E-state index in [1.165, 1.54) is 0 Å². The third kappa shape index (κ3) is 2.82. The summed E-state index contributed by atoms with van der Waals surface area (Å²) in [6.45, 7) is 5.67. The van der Waals surface area contributed by atoms with Gasteiger partial charge in [-0.25, -0.2) is 0 Å². The maximum Gasteiger partial charge on any atom is 0.269 e. The summed E-state index contributed by atoms with van der Waals surface area (Å²) < 4.78 is 1.56. The van der Waals surface area contributed by atoms with Crippen molar-refractivity contribution < 1.29 is 9.90 Å². The number of amides is 1. The molecule has 2 N–H and O–H groups in total. The Bertz CT molecular complexity index is 373. The van der Waals surface area contributed by atoms with Gasteiger partial charge < -0.3 is 10.4 Å². The van der Waals surface area contributed by atoms with Crippen LogP contribution in [0.1, 0.15) is 30.0 Å². The van der Waals surface area contributed by atoms with Crippen LogP contribution in [-0.2, 0) is 7.05 Å². The number of hydrogen-bond donors (Lipinski definition) is 2. The molecule has 0 aliphatic carbocycles. The normalized spacial score (nSPS) is 14.6. The quantitative estimate of drug-likeness (QED) is 0.783. The van der Waals surface area contributed by atoms with Crippen molar-refractivity contribution in [2.45, 2.75) is 26.8 Å². The van der Waals surface area contributed by atoms with Gasteiger partial charge in [-0.1, -0.05) is 6.92 Å². The lowest BCUT2D eigenvalue weighted by molar-refractivity contribution is 0.0906. The Kier molecular flexibility index (Phi) is 4.06. The van der Waals surface area contributed by atoms with E-state index in [9.17, 15) is 4.79 Å². The average Bonchev–Trinajstić information content (AvgIpc) is 2.56. The van der Waals surface area contributed by atoms with Crippen LogP contribution in [0.3, 0.4) is 0 Å². The molecule has 16 heavy (non-hydrogen) atoms. The van der Waals surface area contributed by atoms with Gasteiger partial charge in [0.15, 0.2) is 0 Å². The Morgan fingerprint density at radius 1 is 1.62 bits per heavy atom. The molecule has 2 unspecified atom stereocenters. The Labute approximate surface area is 95.5 Å². The van der Waals surface area contributed by atoms with Crippen LogP contribution in [0.4, 0.5) is 0 Å². The smallest absolute Gasteiger partial charge is 0.269 e. The maximum atomic E-state index is 11.9. The highest BCUT2D eigenvalue weighted by Gasteiger charge is 2.17. The van der Waals surface area contributed by atoms with Crippen molar-refractivity contribution in [2.24, 2.45) is 13.0 Å². The molecule has 0 aliphatic heterocycles. The predicted octanol–water partition coefficient (Wildman–Crippen LogP) is 0.475. The Hall–Kier alpha value is -1.36. The zero-order valence-corrected chi connectivity index (χ0v) is 10.2. The number of carbonyl (C=O) groups is 1. The van der Waals surface area contributed by atoms with Crippen LogP contribution in [0.5, 0.6) is 0 Å². The van der Waals surface area contributed by atoms with Crippen LogP contribution in [0.25, 0.3) is 0 Å². The fourth-order valence-electron chi connectivity index (χ4n) is 1.40. The minimum absolute atomic E-state index is 0.0401. The molecule has 2 atom stereocenters. The lowest BCUT2D eigenvalue weighted by atomic mass is 10.1. The highest BCUT2D eigenvalue weighted by Crippen LogP contribution is 2.05. The van der Waals surface area contributed by atoms with Crippen molar-refractivity contribution in [3.63, 3.8) is 0 Å².